The van der Waals surface area contributed by atoms with Gasteiger partial charge in [0.05, 0.1) is 15.9 Å². The molecule has 0 radical (unpaired) electrons. The van der Waals surface area contributed by atoms with E-state index in [0.717, 1.165) is 0 Å². The van der Waals surface area contributed by atoms with E-state index in [0.29, 0.717) is 11.5 Å². The fraction of sp³-hybridized carbons (Fsp3) is 0.400. The van der Waals surface area contributed by atoms with Crippen LogP contribution in [-0.4, -0.2) is 78.9 Å². The number of aliphatic hydroxyl groups is 2. The van der Waals surface area contributed by atoms with E-state index < -0.39 is 28.1 Å². The minimum absolute atomic E-state index is 0. The topological polar surface area (TPSA) is 119 Å². The Hall–Kier alpha value is -1.17. The van der Waals surface area contributed by atoms with Gasteiger partial charge in [-0.1, -0.05) is 36.4 Å². The number of para-hydroxylation sites is 2. The van der Waals surface area contributed by atoms with Crippen molar-refractivity contribution < 1.29 is 62.2 Å². The second-order valence-corrected chi connectivity index (χ2v) is 8.10. The first-order valence-electron chi connectivity index (χ1n) is 9.19. The van der Waals surface area contributed by atoms with Crippen molar-refractivity contribution in [2.75, 3.05) is 38.6 Å². The molecule has 0 aliphatic heterocycles. The molecule has 30 heavy (non-hydrogen) atoms. The molecule has 10 heteroatoms. The van der Waals surface area contributed by atoms with E-state index in [1.807, 2.05) is 12.1 Å². The molecular weight excluding hydrogens is 421 g/mol. The van der Waals surface area contributed by atoms with E-state index in [4.69, 9.17) is 9.47 Å². The molecule has 2 rings (SSSR count). The molecule has 0 bridgehead atoms. The number of hydrogen-bond acceptors (Lipinski definition) is 8. The summed E-state index contributed by atoms with van der Waals surface area (Å²) in [4.78, 5) is 1.51. The van der Waals surface area contributed by atoms with Gasteiger partial charge in [0, 0.05) is 19.6 Å². The summed E-state index contributed by atoms with van der Waals surface area (Å²) in [5.74, 6) is 0.569. The van der Waals surface area contributed by atoms with Gasteiger partial charge in [0.25, 0.3) is 0 Å². The van der Waals surface area contributed by atoms with Crippen LogP contribution in [0, 0.1) is 0 Å². The average molecular weight is 447 g/mol. The number of benzene rings is 2. The van der Waals surface area contributed by atoms with Gasteiger partial charge in [-0.3, -0.25) is 4.90 Å². The van der Waals surface area contributed by atoms with Gasteiger partial charge in [-0.15, -0.1) is 0 Å². The van der Waals surface area contributed by atoms with E-state index in [9.17, 15) is 23.2 Å². The number of hydrogen-bond donors (Lipinski definition) is 2. The zero-order chi connectivity index (χ0) is 21.1. The Bertz CT molecular complexity index is 757. The molecule has 0 saturated heterocycles. The number of nitrogens with zero attached hydrogens (tertiary/aromatic N) is 1. The SMILES string of the molecule is O=S(=O)([O-])CCN(CC(O)COc1ccccc1)CC(O)COc1ccccc1.[Na+]. The summed E-state index contributed by atoms with van der Waals surface area (Å²) in [5, 5.41) is 20.4. The van der Waals surface area contributed by atoms with Gasteiger partial charge in [0.15, 0.2) is 0 Å². The molecule has 0 spiro atoms. The van der Waals surface area contributed by atoms with Crippen molar-refractivity contribution in [1.82, 2.24) is 4.90 Å². The molecule has 0 amide bonds. The van der Waals surface area contributed by atoms with Gasteiger partial charge in [0.2, 0.25) is 0 Å². The zero-order valence-electron chi connectivity index (χ0n) is 17.0. The van der Waals surface area contributed by atoms with Gasteiger partial charge in [0.1, 0.15) is 36.9 Å². The first-order chi connectivity index (χ1) is 13.8. The number of aliphatic hydroxyl groups excluding tert-OH is 2. The fourth-order valence-corrected chi connectivity index (χ4v) is 3.10. The molecule has 8 nitrogen and oxygen atoms in total. The second kappa shape index (κ2) is 14.0. The normalized spacial score (nSPS) is 13.3. The predicted octanol–water partition coefficient (Wildman–Crippen LogP) is -2.28. The molecule has 0 aliphatic carbocycles. The van der Waals surface area contributed by atoms with Crippen LogP contribution >= 0.6 is 0 Å². The van der Waals surface area contributed by atoms with Crippen molar-refractivity contribution >= 4 is 10.1 Å². The molecule has 2 N–H and O–H groups in total. The predicted molar refractivity (Wildman–Crippen MR) is 107 cm³/mol. The van der Waals surface area contributed by atoms with E-state index in [1.54, 1.807) is 48.5 Å². The maximum atomic E-state index is 11.0. The molecule has 2 atom stereocenters. The second-order valence-electron chi connectivity index (χ2n) is 6.58. The van der Waals surface area contributed by atoms with Crippen molar-refractivity contribution in [1.29, 1.82) is 0 Å². The van der Waals surface area contributed by atoms with Gasteiger partial charge in [-0.25, -0.2) is 8.42 Å². The smallest absolute Gasteiger partial charge is 0.748 e. The summed E-state index contributed by atoms with van der Waals surface area (Å²) in [6.45, 7) is -0.0748. The van der Waals surface area contributed by atoms with Crippen LogP contribution in [0.3, 0.4) is 0 Å². The summed E-state index contributed by atoms with van der Waals surface area (Å²) in [7, 11) is -4.42. The van der Waals surface area contributed by atoms with Gasteiger partial charge in [-0.2, -0.15) is 0 Å². The average Bonchev–Trinajstić information content (AvgIpc) is 2.70. The molecule has 2 unspecified atom stereocenters. The summed E-state index contributed by atoms with van der Waals surface area (Å²) in [6.07, 6.45) is -1.88. The van der Waals surface area contributed by atoms with Crippen LogP contribution in [0.5, 0.6) is 11.5 Å². The van der Waals surface area contributed by atoms with Crippen molar-refractivity contribution in [3.8, 4) is 11.5 Å². The molecule has 2 aromatic carbocycles. The molecule has 0 saturated carbocycles. The summed E-state index contributed by atoms with van der Waals surface area (Å²) >= 11 is 0. The molecule has 0 heterocycles. The number of ether oxygens (including phenoxy) is 2. The fourth-order valence-electron chi connectivity index (χ4n) is 2.62. The molecule has 0 fully saturated rings. The van der Waals surface area contributed by atoms with Crippen LogP contribution in [-0.2, 0) is 10.1 Å². The van der Waals surface area contributed by atoms with Crippen molar-refractivity contribution in [3.63, 3.8) is 0 Å². The van der Waals surface area contributed by atoms with Gasteiger partial charge >= 0.3 is 29.6 Å². The van der Waals surface area contributed by atoms with Crippen LogP contribution in [0.4, 0.5) is 0 Å². The van der Waals surface area contributed by atoms with E-state index in [-0.39, 0.29) is 62.4 Å². The Kier molecular flexibility index (Phi) is 12.5. The van der Waals surface area contributed by atoms with Crippen LogP contribution in [0.25, 0.3) is 0 Å². The third kappa shape index (κ3) is 11.9. The van der Waals surface area contributed by atoms with Crippen LogP contribution in [0.1, 0.15) is 0 Å². The molecule has 2 aromatic rings. The summed E-state index contributed by atoms with van der Waals surface area (Å²) < 4.78 is 43.9. The zero-order valence-corrected chi connectivity index (χ0v) is 19.8. The molecule has 0 aliphatic rings. The summed E-state index contributed by atoms with van der Waals surface area (Å²) in [6, 6.07) is 17.9. The third-order valence-electron chi connectivity index (χ3n) is 3.97. The Labute approximate surface area is 199 Å². The van der Waals surface area contributed by atoms with Gasteiger partial charge < -0.3 is 24.2 Å². The van der Waals surface area contributed by atoms with Crippen molar-refractivity contribution in [2.24, 2.45) is 0 Å². The van der Waals surface area contributed by atoms with Crippen molar-refractivity contribution in [3.05, 3.63) is 60.7 Å². The standard InChI is InChI=1S/C20H27NO7S.Na/c22-17(15-27-19-7-3-1-4-8-19)13-21(11-12-29(24,25)26)14-18(23)16-28-20-9-5-2-6-10-20;/h1-10,17-18,22-23H,11-16H2,(H,24,25,26);/q;+1/p-1. The molecule has 160 valence electrons. The quantitative estimate of drug-likeness (QED) is 0.260. The van der Waals surface area contributed by atoms with E-state index in [2.05, 4.69) is 0 Å². The first kappa shape index (κ1) is 26.9. The molecular formula is C20H26NNaO7S. The van der Waals surface area contributed by atoms with Crippen LogP contribution in [0.15, 0.2) is 60.7 Å². The number of rotatable bonds is 13. The monoisotopic (exact) mass is 447 g/mol. The Balaban J connectivity index is 0.00000450. The Morgan fingerprint density at radius 3 is 1.60 bits per heavy atom. The largest absolute Gasteiger partial charge is 1.00 e. The van der Waals surface area contributed by atoms with E-state index >= 15 is 0 Å². The minimum Gasteiger partial charge on any atom is -0.748 e. The first-order valence-corrected chi connectivity index (χ1v) is 10.8. The Morgan fingerprint density at radius 1 is 0.833 bits per heavy atom. The van der Waals surface area contributed by atoms with Crippen molar-refractivity contribution in [2.45, 2.75) is 12.2 Å². The maximum Gasteiger partial charge on any atom is 1.00 e. The minimum atomic E-state index is -4.42. The maximum absolute atomic E-state index is 11.0. The molecule has 0 aromatic heterocycles. The third-order valence-corrected chi connectivity index (χ3v) is 4.65. The summed E-state index contributed by atoms with van der Waals surface area (Å²) in [5.41, 5.74) is 0. The van der Waals surface area contributed by atoms with Crippen LogP contribution < -0.4 is 39.0 Å². The van der Waals surface area contributed by atoms with E-state index in [1.165, 1.54) is 4.90 Å². The van der Waals surface area contributed by atoms with Crippen LogP contribution in [0.2, 0.25) is 0 Å². The van der Waals surface area contributed by atoms with Gasteiger partial charge in [-0.05, 0) is 24.3 Å². The Morgan fingerprint density at radius 2 is 1.23 bits per heavy atom.